The third-order valence-electron chi connectivity index (χ3n) is 1.85. The summed E-state index contributed by atoms with van der Waals surface area (Å²) < 4.78 is 10.6. The molecule has 0 spiro atoms. The molecule has 3 heteroatoms. The zero-order chi connectivity index (χ0) is 9.52. The van der Waals surface area contributed by atoms with Gasteiger partial charge in [-0.2, -0.15) is 0 Å². The minimum absolute atomic E-state index is 0.647. The summed E-state index contributed by atoms with van der Waals surface area (Å²) in [6.07, 6.45) is 6.87. The van der Waals surface area contributed by atoms with Gasteiger partial charge in [0, 0.05) is 18.4 Å². The number of hydrogen-bond acceptors (Lipinski definition) is 2. The maximum atomic E-state index is 5.54. The predicted molar refractivity (Wildman–Crippen MR) is 53.7 cm³/mol. The predicted octanol–water partition coefficient (Wildman–Crippen LogP) is 2.84. The molecule has 1 aliphatic carbocycles. The molecule has 74 valence electrons. The van der Waals surface area contributed by atoms with Gasteiger partial charge in [0.2, 0.25) is 0 Å². The lowest BCUT2D eigenvalue weighted by molar-refractivity contribution is 0.213. The Morgan fingerprint density at radius 2 is 2.38 bits per heavy atom. The van der Waals surface area contributed by atoms with Crippen LogP contribution in [0.2, 0.25) is 0 Å². The fourth-order valence-electron chi connectivity index (χ4n) is 1.15. The van der Waals surface area contributed by atoms with E-state index in [0.29, 0.717) is 12.5 Å². The summed E-state index contributed by atoms with van der Waals surface area (Å²) in [6, 6.07) is 0. The number of ether oxygens (including phenoxy) is 2. The van der Waals surface area contributed by atoms with Crippen molar-refractivity contribution in [3.8, 4) is 0 Å². The summed E-state index contributed by atoms with van der Waals surface area (Å²) in [5, 5.41) is 0. The maximum Gasteiger partial charge on any atom is 0.118 e. The van der Waals surface area contributed by atoms with Gasteiger partial charge in [-0.15, -0.1) is 11.6 Å². The topological polar surface area (TPSA) is 18.5 Å². The van der Waals surface area contributed by atoms with Gasteiger partial charge >= 0.3 is 0 Å². The van der Waals surface area contributed by atoms with E-state index in [-0.39, 0.29) is 0 Å². The van der Waals surface area contributed by atoms with E-state index < -0.39 is 0 Å². The van der Waals surface area contributed by atoms with Crippen molar-refractivity contribution in [2.24, 2.45) is 0 Å². The van der Waals surface area contributed by atoms with Crippen LogP contribution >= 0.6 is 11.6 Å². The van der Waals surface area contributed by atoms with Crippen LogP contribution in [0.4, 0.5) is 0 Å². The van der Waals surface area contributed by atoms with E-state index in [1.54, 1.807) is 7.11 Å². The molecule has 0 heterocycles. The van der Waals surface area contributed by atoms with Crippen molar-refractivity contribution in [1.82, 2.24) is 0 Å². The second-order valence-corrected chi connectivity index (χ2v) is 3.23. The van der Waals surface area contributed by atoms with Gasteiger partial charge in [-0.25, -0.2) is 0 Å². The molecule has 0 radical (unpaired) electrons. The minimum Gasteiger partial charge on any atom is -0.501 e. The molecule has 0 saturated carbocycles. The number of rotatable bonds is 5. The second-order valence-electron chi connectivity index (χ2n) is 2.85. The molecule has 0 bridgehead atoms. The molecular formula is C10H15ClO2. The lowest BCUT2D eigenvalue weighted by Gasteiger charge is -2.13. The molecule has 13 heavy (non-hydrogen) atoms. The number of allylic oxidation sites excluding steroid dienone is 3. The molecule has 0 amide bonds. The SMILES string of the molecule is COC1=CC(OCCCCl)=CCC1. The summed E-state index contributed by atoms with van der Waals surface area (Å²) in [6.45, 7) is 0.683. The highest BCUT2D eigenvalue weighted by molar-refractivity contribution is 6.17. The molecule has 0 aromatic heterocycles. The number of alkyl halides is 1. The van der Waals surface area contributed by atoms with E-state index in [1.807, 2.05) is 6.08 Å². The Hall–Kier alpha value is -0.630. The van der Waals surface area contributed by atoms with E-state index in [9.17, 15) is 0 Å². The number of hydrogen-bond donors (Lipinski definition) is 0. The minimum atomic E-state index is 0.647. The molecule has 0 aromatic carbocycles. The van der Waals surface area contributed by atoms with Crippen molar-refractivity contribution < 1.29 is 9.47 Å². The number of methoxy groups -OCH3 is 1. The monoisotopic (exact) mass is 202 g/mol. The molecule has 0 unspecified atom stereocenters. The lowest BCUT2D eigenvalue weighted by atomic mass is 10.1. The Balaban J connectivity index is 2.33. The molecule has 1 aliphatic rings. The van der Waals surface area contributed by atoms with Crippen LogP contribution in [-0.2, 0) is 9.47 Å². The van der Waals surface area contributed by atoms with Gasteiger partial charge in [0.1, 0.15) is 5.76 Å². The van der Waals surface area contributed by atoms with E-state index in [4.69, 9.17) is 21.1 Å². The van der Waals surface area contributed by atoms with Gasteiger partial charge in [0.05, 0.1) is 19.5 Å². The van der Waals surface area contributed by atoms with Crippen molar-refractivity contribution in [1.29, 1.82) is 0 Å². The highest BCUT2D eigenvalue weighted by Crippen LogP contribution is 2.18. The van der Waals surface area contributed by atoms with Crippen LogP contribution in [0.3, 0.4) is 0 Å². The van der Waals surface area contributed by atoms with Crippen LogP contribution in [-0.4, -0.2) is 19.6 Å². The van der Waals surface area contributed by atoms with Gasteiger partial charge in [0.15, 0.2) is 0 Å². The van der Waals surface area contributed by atoms with Crippen molar-refractivity contribution >= 4 is 11.6 Å². The van der Waals surface area contributed by atoms with Crippen LogP contribution in [0.15, 0.2) is 23.7 Å². The maximum absolute atomic E-state index is 5.54. The Morgan fingerprint density at radius 3 is 3.08 bits per heavy atom. The van der Waals surface area contributed by atoms with E-state index in [0.717, 1.165) is 30.8 Å². The first kappa shape index (κ1) is 10.5. The summed E-state index contributed by atoms with van der Waals surface area (Å²) >= 11 is 5.54. The fourth-order valence-corrected chi connectivity index (χ4v) is 1.26. The first-order valence-electron chi connectivity index (χ1n) is 4.50. The Labute approximate surface area is 84.2 Å². The Kier molecular flexibility index (Phi) is 4.76. The van der Waals surface area contributed by atoms with E-state index in [2.05, 4.69) is 6.08 Å². The molecule has 0 aromatic rings. The molecular weight excluding hydrogens is 188 g/mol. The number of halogens is 1. The lowest BCUT2D eigenvalue weighted by Crippen LogP contribution is -2.00. The van der Waals surface area contributed by atoms with Crippen LogP contribution in [0.5, 0.6) is 0 Å². The third kappa shape index (κ3) is 3.73. The molecule has 0 aliphatic heterocycles. The van der Waals surface area contributed by atoms with Gasteiger partial charge < -0.3 is 9.47 Å². The summed E-state index contributed by atoms with van der Waals surface area (Å²) in [5.74, 6) is 2.55. The highest BCUT2D eigenvalue weighted by atomic mass is 35.5. The smallest absolute Gasteiger partial charge is 0.118 e. The normalized spacial score (nSPS) is 16.2. The third-order valence-corrected chi connectivity index (χ3v) is 2.12. The first-order chi connectivity index (χ1) is 6.36. The van der Waals surface area contributed by atoms with Crippen LogP contribution in [0.25, 0.3) is 0 Å². The zero-order valence-electron chi connectivity index (χ0n) is 7.88. The highest BCUT2D eigenvalue weighted by Gasteiger charge is 2.05. The van der Waals surface area contributed by atoms with Crippen molar-refractivity contribution in [3.05, 3.63) is 23.7 Å². The van der Waals surface area contributed by atoms with Crippen LogP contribution < -0.4 is 0 Å². The summed E-state index contributed by atoms with van der Waals surface area (Å²) in [7, 11) is 1.69. The van der Waals surface area contributed by atoms with Gasteiger partial charge in [-0.3, -0.25) is 0 Å². The summed E-state index contributed by atoms with van der Waals surface area (Å²) in [4.78, 5) is 0. The molecule has 0 fully saturated rings. The van der Waals surface area contributed by atoms with Gasteiger partial charge in [0.25, 0.3) is 0 Å². The van der Waals surface area contributed by atoms with Gasteiger partial charge in [-0.05, 0) is 18.9 Å². The largest absolute Gasteiger partial charge is 0.501 e. The Bertz CT molecular complexity index is 209. The van der Waals surface area contributed by atoms with E-state index >= 15 is 0 Å². The molecule has 1 rings (SSSR count). The standard InChI is InChI=1S/C10H15ClO2/c1-12-9-4-2-5-10(8-9)13-7-3-6-11/h5,8H,2-4,6-7H2,1H3. The molecule has 0 saturated heterocycles. The van der Waals surface area contributed by atoms with Crippen molar-refractivity contribution in [2.75, 3.05) is 19.6 Å². The molecule has 2 nitrogen and oxygen atoms in total. The van der Waals surface area contributed by atoms with Crippen LogP contribution in [0, 0.1) is 0 Å². The quantitative estimate of drug-likeness (QED) is 0.504. The first-order valence-corrected chi connectivity index (χ1v) is 5.03. The van der Waals surface area contributed by atoms with Crippen LogP contribution in [0.1, 0.15) is 19.3 Å². The molecule has 0 atom stereocenters. The fraction of sp³-hybridized carbons (Fsp3) is 0.600. The van der Waals surface area contributed by atoms with Crippen molar-refractivity contribution in [3.63, 3.8) is 0 Å². The Morgan fingerprint density at radius 1 is 1.54 bits per heavy atom. The average Bonchev–Trinajstić information content (AvgIpc) is 2.19. The van der Waals surface area contributed by atoms with Gasteiger partial charge in [-0.1, -0.05) is 0 Å². The zero-order valence-corrected chi connectivity index (χ0v) is 8.64. The second kappa shape index (κ2) is 5.92. The molecule has 0 N–H and O–H groups in total. The van der Waals surface area contributed by atoms with Crippen molar-refractivity contribution in [2.45, 2.75) is 19.3 Å². The average molecular weight is 203 g/mol. The van der Waals surface area contributed by atoms with E-state index in [1.165, 1.54) is 0 Å². The summed E-state index contributed by atoms with van der Waals surface area (Å²) in [5.41, 5.74) is 0.